The van der Waals surface area contributed by atoms with Crippen molar-refractivity contribution >= 4 is 40.3 Å². The van der Waals surface area contributed by atoms with E-state index in [2.05, 4.69) is 10.4 Å². The van der Waals surface area contributed by atoms with Crippen molar-refractivity contribution in [3.05, 3.63) is 93.9 Å². The maximum absolute atomic E-state index is 13.6. The summed E-state index contributed by atoms with van der Waals surface area (Å²) in [7, 11) is 0. The predicted octanol–water partition coefficient (Wildman–Crippen LogP) is 4.52. The lowest BCUT2D eigenvalue weighted by molar-refractivity contribution is 0.0992. The fourth-order valence-electron chi connectivity index (χ4n) is 4.34. The average molecular weight is 523 g/mol. The third-order valence-corrected chi connectivity index (χ3v) is 7.32. The summed E-state index contributed by atoms with van der Waals surface area (Å²) in [5, 5.41) is 7.54. The first-order chi connectivity index (χ1) is 17.2. The topological polar surface area (TPSA) is 113 Å². The standard InChI is InChI=1S/C26H20ClFN4O3S/c1-36(35)18-9-11-22(27)21(13-18)26(34)30-16-6-2-14-3-10-19-23(25(29)33)31-32(24(19)20(14)12-16)17-7-4-15(28)5-8-17/h2,4-9,11-13H,3,10H2,1H3,(H2,29,33)(H,30,34). The highest BCUT2D eigenvalue weighted by Crippen LogP contribution is 2.38. The molecule has 36 heavy (non-hydrogen) atoms. The number of halogens is 2. The van der Waals surface area contributed by atoms with E-state index >= 15 is 0 Å². The van der Waals surface area contributed by atoms with Crippen molar-refractivity contribution in [3.8, 4) is 16.9 Å². The first-order valence-corrected chi connectivity index (χ1v) is 12.9. The third-order valence-electron chi connectivity index (χ3n) is 6.07. The van der Waals surface area contributed by atoms with Gasteiger partial charge in [0.05, 0.1) is 22.0 Å². The van der Waals surface area contributed by atoms with Crippen molar-refractivity contribution in [1.29, 1.82) is 0 Å². The minimum Gasteiger partial charge on any atom is -0.612 e. The van der Waals surface area contributed by atoms with Crippen LogP contribution in [0.4, 0.5) is 10.1 Å². The van der Waals surface area contributed by atoms with E-state index in [1.54, 1.807) is 41.1 Å². The lowest BCUT2D eigenvalue weighted by atomic mass is 9.88. The molecule has 0 saturated heterocycles. The van der Waals surface area contributed by atoms with Gasteiger partial charge in [0.1, 0.15) is 12.1 Å². The van der Waals surface area contributed by atoms with E-state index in [0.717, 1.165) is 11.1 Å². The van der Waals surface area contributed by atoms with Crippen molar-refractivity contribution in [2.45, 2.75) is 17.7 Å². The molecule has 2 amide bonds. The van der Waals surface area contributed by atoms with Crippen molar-refractivity contribution in [2.24, 2.45) is 5.73 Å². The van der Waals surface area contributed by atoms with E-state index in [-0.39, 0.29) is 16.3 Å². The summed E-state index contributed by atoms with van der Waals surface area (Å²) >= 11 is 4.96. The van der Waals surface area contributed by atoms with Crippen LogP contribution in [0.5, 0.6) is 0 Å². The lowest BCUT2D eigenvalue weighted by Crippen LogP contribution is -2.16. The second-order valence-corrected chi connectivity index (χ2v) is 10.1. The van der Waals surface area contributed by atoms with Gasteiger partial charge in [-0.3, -0.25) is 9.59 Å². The van der Waals surface area contributed by atoms with Crippen molar-refractivity contribution in [3.63, 3.8) is 0 Å². The van der Waals surface area contributed by atoms with Crippen LogP contribution < -0.4 is 11.1 Å². The molecule has 10 heteroatoms. The number of fused-ring (bicyclic) bond motifs is 3. The number of aryl methyl sites for hydroxylation is 1. The maximum atomic E-state index is 13.6. The summed E-state index contributed by atoms with van der Waals surface area (Å²) in [5.41, 5.74) is 10.2. The van der Waals surface area contributed by atoms with E-state index in [1.165, 1.54) is 24.5 Å². The van der Waals surface area contributed by atoms with E-state index < -0.39 is 28.8 Å². The molecule has 1 atom stereocenters. The number of nitrogens with one attached hydrogen (secondary N) is 1. The molecule has 0 spiro atoms. The molecule has 1 aliphatic carbocycles. The first kappa shape index (κ1) is 24.1. The summed E-state index contributed by atoms with van der Waals surface area (Å²) in [5.74, 6) is -1.49. The predicted molar refractivity (Wildman–Crippen MR) is 137 cm³/mol. The first-order valence-electron chi connectivity index (χ1n) is 11.0. The van der Waals surface area contributed by atoms with Gasteiger partial charge < -0.3 is 15.6 Å². The van der Waals surface area contributed by atoms with Gasteiger partial charge in [-0.2, -0.15) is 5.10 Å². The number of rotatable bonds is 5. The molecule has 3 N–H and O–H groups in total. The number of nitrogens with zero attached hydrogens (tertiary/aromatic N) is 2. The molecule has 1 heterocycles. The molecule has 1 unspecified atom stereocenters. The monoisotopic (exact) mass is 522 g/mol. The van der Waals surface area contributed by atoms with Gasteiger partial charge in [0.2, 0.25) is 0 Å². The van der Waals surface area contributed by atoms with Crippen LogP contribution in [-0.4, -0.2) is 32.4 Å². The summed E-state index contributed by atoms with van der Waals surface area (Å²) in [6, 6.07) is 15.9. The Balaban J connectivity index is 1.57. The van der Waals surface area contributed by atoms with Crippen molar-refractivity contribution in [2.75, 3.05) is 11.6 Å². The Morgan fingerprint density at radius 1 is 1.11 bits per heavy atom. The second-order valence-electron chi connectivity index (χ2n) is 8.35. The smallest absolute Gasteiger partial charge is 0.269 e. The van der Waals surface area contributed by atoms with Gasteiger partial charge in [0.25, 0.3) is 11.8 Å². The van der Waals surface area contributed by atoms with Crippen LogP contribution >= 0.6 is 11.6 Å². The number of benzene rings is 3. The van der Waals surface area contributed by atoms with Gasteiger partial charge in [-0.15, -0.1) is 0 Å². The molecule has 0 bridgehead atoms. The highest BCUT2D eigenvalue weighted by molar-refractivity contribution is 7.90. The van der Waals surface area contributed by atoms with Crippen LogP contribution in [0.15, 0.2) is 65.6 Å². The summed E-state index contributed by atoms with van der Waals surface area (Å²) in [4.78, 5) is 25.7. The van der Waals surface area contributed by atoms with Gasteiger partial charge in [0.15, 0.2) is 10.6 Å². The summed E-state index contributed by atoms with van der Waals surface area (Å²) < 4.78 is 27.0. The molecule has 0 aliphatic heterocycles. The van der Waals surface area contributed by atoms with E-state index in [0.29, 0.717) is 40.4 Å². The van der Waals surface area contributed by atoms with Gasteiger partial charge in [-0.1, -0.05) is 17.7 Å². The molecule has 0 fully saturated rings. The van der Waals surface area contributed by atoms with E-state index in [1.807, 2.05) is 6.07 Å². The number of carbonyl (C=O) groups is 2. The zero-order chi connectivity index (χ0) is 25.6. The van der Waals surface area contributed by atoms with E-state index in [4.69, 9.17) is 17.3 Å². The molecule has 1 aromatic heterocycles. The average Bonchev–Trinajstić information content (AvgIpc) is 3.25. The Kier molecular flexibility index (Phi) is 6.29. The molecular weight excluding hydrogens is 503 g/mol. The largest absolute Gasteiger partial charge is 0.612 e. The van der Waals surface area contributed by atoms with Crippen molar-refractivity contribution < 1.29 is 18.5 Å². The molecule has 182 valence electrons. The molecule has 3 aromatic carbocycles. The number of nitrogens with two attached hydrogens (primary N) is 1. The second kappa shape index (κ2) is 9.42. The zero-order valence-corrected chi connectivity index (χ0v) is 20.6. The Hall–Kier alpha value is -3.66. The molecule has 0 radical (unpaired) electrons. The third kappa shape index (κ3) is 4.37. The van der Waals surface area contributed by atoms with Crippen LogP contribution in [0, 0.1) is 5.82 Å². The molecular formula is C26H20ClFN4O3S. The molecule has 4 aromatic rings. The van der Waals surface area contributed by atoms with Gasteiger partial charge in [-0.25, -0.2) is 9.07 Å². The SMILES string of the molecule is C[S+]([O-])c1ccc(Cl)c(C(=O)Nc2ccc3c(c2)-c2c(c(C(N)=O)nn2-c2ccc(F)cc2)CC3)c1. The Morgan fingerprint density at radius 3 is 2.56 bits per heavy atom. The number of hydrogen-bond donors (Lipinski definition) is 2. The zero-order valence-electron chi connectivity index (χ0n) is 19.0. The van der Waals surface area contributed by atoms with Crippen LogP contribution in [0.2, 0.25) is 5.02 Å². The fraction of sp³-hybridized carbons (Fsp3) is 0.115. The lowest BCUT2D eigenvalue weighted by Gasteiger charge is -2.20. The maximum Gasteiger partial charge on any atom is 0.269 e. The molecule has 0 saturated carbocycles. The Labute approximate surface area is 214 Å². The van der Waals surface area contributed by atoms with Crippen LogP contribution in [0.1, 0.15) is 32.0 Å². The number of anilines is 1. The summed E-state index contributed by atoms with van der Waals surface area (Å²) in [6.45, 7) is 0. The highest BCUT2D eigenvalue weighted by Gasteiger charge is 2.28. The van der Waals surface area contributed by atoms with Gasteiger partial charge in [0, 0.05) is 22.9 Å². The van der Waals surface area contributed by atoms with Crippen LogP contribution in [0.3, 0.4) is 0 Å². The van der Waals surface area contributed by atoms with Crippen molar-refractivity contribution in [1.82, 2.24) is 9.78 Å². The highest BCUT2D eigenvalue weighted by atomic mass is 35.5. The minimum atomic E-state index is -1.27. The number of hydrogen-bond acceptors (Lipinski definition) is 4. The molecule has 7 nitrogen and oxygen atoms in total. The van der Waals surface area contributed by atoms with Crippen LogP contribution in [0.25, 0.3) is 16.9 Å². The fourth-order valence-corrected chi connectivity index (χ4v) is 5.09. The van der Waals surface area contributed by atoms with Gasteiger partial charge >= 0.3 is 0 Å². The quantitative estimate of drug-likeness (QED) is 0.375. The molecule has 1 aliphatic rings. The minimum absolute atomic E-state index is 0.158. The number of aromatic nitrogens is 2. The Bertz CT molecular complexity index is 1520. The number of carbonyl (C=O) groups excluding carboxylic acids is 2. The summed E-state index contributed by atoms with van der Waals surface area (Å²) in [6.07, 6.45) is 2.74. The molecule has 5 rings (SSSR count). The van der Waals surface area contributed by atoms with Gasteiger partial charge in [-0.05, 0) is 78.1 Å². The number of amides is 2. The van der Waals surface area contributed by atoms with Crippen LogP contribution in [-0.2, 0) is 24.0 Å². The van der Waals surface area contributed by atoms with E-state index in [9.17, 15) is 18.5 Å². The number of primary amides is 1. The Morgan fingerprint density at radius 2 is 1.86 bits per heavy atom. The normalized spacial score (nSPS) is 13.0.